The maximum Gasteiger partial charge on any atom is 0.269 e. The summed E-state index contributed by atoms with van der Waals surface area (Å²) in [6, 6.07) is 11.1. The van der Waals surface area contributed by atoms with Crippen LogP contribution < -0.4 is 10.5 Å². The zero-order valence-corrected chi connectivity index (χ0v) is 16.3. The molecule has 0 saturated heterocycles. The van der Waals surface area contributed by atoms with Gasteiger partial charge in [0.05, 0.1) is 9.40 Å². The first-order valence-electron chi connectivity index (χ1n) is 7.08. The number of nitro benzene ring substituents is 1. The molecule has 26 heavy (non-hydrogen) atoms. The summed E-state index contributed by atoms with van der Waals surface area (Å²) >= 11 is 6.71. The molecule has 0 heterocycles. The molecule has 132 valence electrons. The highest BCUT2D eigenvalue weighted by atomic mass is 79.9. The lowest BCUT2D eigenvalue weighted by molar-refractivity contribution is -0.384. The number of nitro groups is 1. The predicted molar refractivity (Wildman–Crippen MR) is 102 cm³/mol. The second-order valence-electron chi connectivity index (χ2n) is 5.05. The number of nitriles is 1. The molecule has 0 unspecified atom stereocenters. The Labute approximate surface area is 165 Å². The number of halogens is 2. The van der Waals surface area contributed by atoms with Crippen LogP contribution in [0.4, 0.5) is 5.69 Å². The van der Waals surface area contributed by atoms with Gasteiger partial charge in [0.2, 0.25) is 0 Å². The summed E-state index contributed by atoms with van der Waals surface area (Å²) < 4.78 is 7.10. The van der Waals surface area contributed by atoms with Crippen LogP contribution >= 0.6 is 31.9 Å². The summed E-state index contributed by atoms with van der Waals surface area (Å²) in [5, 5.41) is 19.7. The third-order valence-electron chi connectivity index (χ3n) is 3.25. The van der Waals surface area contributed by atoms with E-state index in [-0.39, 0.29) is 17.9 Å². The molecule has 0 radical (unpaired) electrons. The average molecular weight is 481 g/mol. The molecule has 0 aliphatic heterocycles. The van der Waals surface area contributed by atoms with Crippen LogP contribution in [0.3, 0.4) is 0 Å². The minimum absolute atomic E-state index is 0.0117. The molecule has 0 aliphatic rings. The smallest absolute Gasteiger partial charge is 0.269 e. The fourth-order valence-corrected chi connectivity index (χ4v) is 3.40. The van der Waals surface area contributed by atoms with Crippen molar-refractivity contribution in [2.24, 2.45) is 5.73 Å². The van der Waals surface area contributed by atoms with E-state index in [1.54, 1.807) is 30.3 Å². The van der Waals surface area contributed by atoms with Gasteiger partial charge in [-0.25, -0.2) is 0 Å². The highest BCUT2D eigenvalue weighted by Crippen LogP contribution is 2.35. The van der Waals surface area contributed by atoms with Gasteiger partial charge >= 0.3 is 0 Å². The number of hydrogen-bond donors (Lipinski definition) is 1. The first-order valence-corrected chi connectivity index (χ1v) is 8.67. The van der Waals surface area contributed by atoms with Crippen molar-refractivity contribution in [2.45, 2.75) is 6.61 Å². The van der Waals surface area contributed by atoms with Crippen LogP contribution in [0.1, 0.15) is 11.1 Å². The van der Waals surface area contributed by atoms with Crippen molar-refractivity contribution >= 4 is 49.5 Å². The van der Waals surface area contributed by atoms with Crippen LogP contribution in [0.5, 0.6) is 5.75 Å². The Morgan fingerprint density at radius 2 is 1.96 bits per heavy atom. The monoisotopic (exact) mass is 479 g/mol. The predicted octanol–water partition coefficient (Wildman–Crippen LogP) is 4.09. The maximum atomic E-state index is 11.3. The standard InChI is InChI=1S/C17H11Br2N3O4/c18-13-6-11(5-12(8-20)17(21)23)16(15(19)7-13)26-9-10-1-3-14(4-2-10)22(24)25/h1-7H,9H2,(H2,21,23)/b12-5+. The fourth-order valence-electron chi connectivity index (χ4n) is 2.02. The number of hydrogen-bond acceptors (Lipinski definition) is 5. The van der Waals surface area contributed by atoms with Gasteiger partial charge in [0.15, 0.2) is 0 Å². The van der Waals surface area contributed by atoms with Crippen LogP contribution in [0.15, 0.2) is 50.9 Å². The molecule has 7 nitrogen and oxygen atoms in total. The van der Waals surface area contributed by atoms with E-state index in [9.17, 15) is 14.9 Å². The Morgan fingerprint density at radius 1 is 1.31 bits per heavy atom. The lowest BCUT2D eigenvalue weighted by Gasteiger charge is -2.12. The molecule has 9 heteroatoms. The molecule has 1 amide bonds. The molecule has 0 fully saturated rings. The van der Waals surface area contributed by atoms with Crippen molar-refractivity contribution in [1.82, 2.24) is 0 Å². The average Bonchev–Trinajstić information content (AvgIpc) is 2.58. The summed E-state index contributed by atoms with van der Waals surface area (Å²) in [6.07, 6.45) is 1.34. The highest BCUT2D eigenvalue weighted by molar-refractivity contribution is 9.11. The zero-order chi connectivity index (χ0) is 19.3. The summed E-state index contributed by atoms with van der Waals surface area (Å²) in [7, 11) is 0. The van der Waals surface area contributed by atoms with Crippen molar-refractivity contribution < 1.29 is 14.5 Å². The van der Waals surface area contributed by atoms with E-state index < -0.39 is 10.8 Å². The lowest BCUT2D eigenvalue weighted by Crippen LogP contribution is -2.12. The topological polar surface area (TPSA) is 119 Å². The molecule has 0 aliphatic carbocycles. The molecule has 0 saturated carbocycles. The largest absolute Gasteiger partial charge is 0.487 e. The van der Waals surface area contributed by atoms with Crippen LogP contribution in [0.2, 0.25) is 0 Å². The highest BCUT2D eigenvalue weighted by Gasteiger charge is 2.13. The van der Waals surface area contributed by atoms with Crippen LogP contribution in [0, 0.1) is 21.4 Å². The van der Waals surface area contributed by atoms with Crippen LogP contribution in [-0.4, -0.2) is 10.8 Å². The summed E-state index contributed by atoms with van der Waals surface area (Å²) in [6.45, 7) is 0.136. The Kier molecular flexibility index (Phi) is 6.49. The van der Waals surface area contributed by atoms with Gasteiger partial charge in [-0.2, -0.15) is 5.26 Å². The van der Waals surface area contributed by atoms with Gasteiger partial charge in [-0.05, 0) is 51.8 Å². The van der Waals surface area contributed by atoms with Crippen molar-refractivity contribution in [1.29, 1.82) is 5.26 Å². The zero-order valence-electron chi connectivity index (χ0n) is 13.1. The Balaban J connectivity index is 2.32. The third kappa shape index (κ3) is 4.91. The van der Waals surface area contributed by atoms with E-state index in [0.29, 0.717) is 20.3 Å². The van der Waals surface area contributed by atoms with Gasteiger partial charge in [-0.3, -0.25) is 14.9 Å². The minimum atomic E-state index is -0.843. The normalized spacial score (nSPS) is 10.9. The maximum absolute atomic E-state index is 11.3. The fraction of sp³-hybridized carbons (Fsp3) is 0.0588. The lowest BCUT2D eigenvalue weighted by atomic mass is 10.1. The second kappa shape index (κ2) is 8.60. The number of benzene rings is 2. The Morgan fingerprint density at radius 3 is 2.50 bits per heavy atom. The van der Waals surface area contributed by atoms with Gasteiger partial charge in [0.25, 0.3) is 11.6 Å². The SMILES string of the molecule is N#C/C(=C\c1cc(Br)cc(Br)c1OCc1ccc([N+](=O)[O-])cc1)C(N)=O. The van der Waals surface area contributed by atoms with Crippen LogP contribution in [-0.2, 0) is 11.4 Å². The van der Waals surface area contributed by atoms with Gasteiger partial charge in [-0.1, -0.05) is 15.9 Å². The van der Waals surface area contributed by atoms with E-state index in [2.05, 4.69) is 31.9 Å². The van der Waals surface area contributed by atoms with Gasteiger partial charge in [0, 0.05) is 22.2 Å². The minimum Gasteiger partial charge on any atom is -0.487 e. The number of carbonyl (C=O) groups excluding carboxylic acids is 1. The number of amides is 1. The number of nitrogens with two attached hydrogens (primary N) is 1. The summed E-state index contributed by atoms with van der Waals surface area (Å²) in [4.78, 5) is 21.5. The van der Waals surface area contributed by atoms with Crippen molar-refractivity contribution in [2.75, 3.05) is 0 Å². The second-order valence-corrected chi connectivity index (χ2v) is 6.82. The molecule has 0 atom stereocenters. The van der Waals surface area contributed by atoms with E-state index >= 15 is 0 Å². The Hall–Kier alpha value is -2.70. The number of non-ortho nitro benzene ring substituents is 1. The number of carbonyl (C=O) groups is 1. The van der Waals surface area contributed by atoms with Crippen LogP contribution in [0.25, 0.3) is 6.08 Å². The number of primary amides is 1. The molecule has 2 N–H and O–H groups in total. The van der Waals surface area contributed by atoms with Crippen molar-refractivity contribution in [3.8, 4) is 11.8 Å². The molecule has 2 rings (SSSR count). The van der Waals surface area contributed by atoms with Gasteiger partial charge in [0.1, 0.15) is 24.0 Å². The van der Waals surface area contributed by atoms with Gasteiger partial charge in [-0.15, -0.1) is 0 Å². The summed E-state index contributed by atoms with van der Waals surface area (Å²) in [5.41, 5.74) is 6.15. The van der Waals surface area contributed by atoms with E-state index in [4.69, 9.17) is 15.7 Å². The van der Waals surface area contributed by atoms with E-state index in [1.165, 1.54) is 18.2 Å². The molecular weight excluding hydrogens is 470 g/mol. The molecule has 0 bridgehead atoms. The summed E-state index contributed by atoms with van der Waals surface area (Å²) in [5.74, 6) is -0.439. The number of rotatable bonds is 6. The number of ether oxygens (including phenoxy) is 1. The van der Waals surface area contributed by atoms with E-state index in [0.717, 1.165) is 5.56 Å². The number of nitrogens with zero attached hydrogens (tertiary/aromatic N) is 2. The molecule has 2 aromatic rings. The third-order valence-corrected chi connectivity index (χ3v) is 4.30. The quantitative estimate of drug-likeness (QED) is 0.289. The molecule has 0 aromatic heterocycles. The van der Waals surface area contributed by atoms with Crippen molar-refractivity contribution in [3.63, 3.8) is 0 Å². The first-order chi connectivity index (χ1) is 12.3. The Bertz CT molecular complexity index is 934. The molecule has 2 aromatic carbocycles. The molecular formula is C17H11Br2N3O4. The van der Waals surface area contributed by atoms with E-state index in [1.807, 2.05) is 0 Å². The first kappa shape index (κ1) is 19.6. The van der Waals surface area contributed by atoms with Crippen molar-refractivity contribution in [3.05, 3.63) is 72.2 Å². The molecule has 0 spiro atoms. The van der Waals surface area contributed by atoms with Gasteiger partial charge < -0.3 is 10.5 Å².